The van der Waals surface area contributed by atoms with Crippen molar-refractivity contribution in [1.29, 1.82) is 0 Å². The van der Waals surface area contributed by atoms with E-state index in [1.54, 1.807) is 0 Å². The number of benzene rings is 7. The third-order valence-electron chi connectivity index (χ3n) is 9.40. The van der Waals surface area contributed by atoms with Crippen LogP contribution in [0.1, 0.15) is 0 Å². The van der Waals surface area contributed by atoms with Gasteiger partial charge in [0.2, 0.25) is 0 Å². The van der Waals surface area contributed by atoms with Gasteiger partial charge in [-0.3, -0.25) is 0 Å². The molecule has 224 valence electrons. The molecule has 3 nitrogen and oxygen atoms in total. The second kappa shape index (κ2) is 10.7. The standard InChI is InChI=1S/C44H27N3S/c1-3-12-28(13-4-1)41-36-24-23-35-34-19-8-10-21-40(34)48-43(35)42(36)46-44(45-41)31-15-11-14-29(26-31)30-22-25-39-37(27-30)33-18-7-9-20-38(33)47(39)32-16-5-2-6-17-32/h1-27H. The molecule has 3 aromatic heterocycles. The van der Waals surface area contributed by atoms with Gasteiger partial charge in [0.25, 0.3) is 0 Å². The van der Waals surface area contributed by atoms with Crippen LogP contribution in [0.25, 0.3) is 92.3 Å². The van der Waals surface area contributed by atoms with Crippen LogP contribution in [-0.2, 0) is 0 Å². The minimum Gasteiger partial charge on any atom is -0.309 e. The molecule has 0 atom stereocenters. The number of aromatic nitrogens is 3. The Labute approximate surface area is 281 Å². The van der Waals surface area contributed by atoms with Crippen LogP contribution in [0.3, 0.4) is 0 Å². The van der Waals surface area contributed by atoms with Crippen LogP contribution in [0, 0.1) is 0 Å². The van der Waals surface area contributed by atoms with E-state index in [4.69, 9.17) is 9.97 Å². The van der Waals surface area contributed by atoms with E-state index in [0.717, 1.165) is 50.4 Å². The van der Waals surface area contributed by atoms with Crippen molar-refractivity contribution >= 4 is 64.2 Å². The zero-order chi connectivity index (χ0) is 31.6. The van der Waals surface area contributed by atoms with Crippen LogP contribution in [0.15, 0.2) is 164 Å². The van der Waals surface area contributed by atoms with E-state index in [9.17, 15) is 0 Å². The van der Waals surface area contributed by atoms with Gasteiger partial charge in [-0.2, -0.15) is 0 Å². The fourth-order valence-corrected chi connectivity index (χ4v) is 8.36. The van der Waals surface area contributed by atoms with E-state index >= 15 is 0 Å². The molecular formula is C44H27N3S. The van der Waals surface area contributed by atoms with Gasteiger partial charge in [0, 0.05) is 48.4 Å². The Morgan fingerprint density at radius 1 is 0.417 bits per heavy atom. The quantitative estimate of drug-likeness (QED) is 0.194. The molecule has 0 bridgehead atoms. The second-order valence-corrected chi connectivity index (χ2v) is 13.3. The summed E-state index contributed by atoms with van der Waals surface area (Å²) in [6.45, 7) is 0. The van der Waals surface area contributed by atoms with Gasteiger partial charge >= 0.3 is 0 Å². The first-order chi connectivity index (χ1) is 23.8. The molecule has 48 heavy (non-hydrogen) atoms. The third kappa shape index (κ3) is 4.20. The number of thiophene rings is 1. The summed E-state index contributed by atoms with van der Waals surface area (Å²) in [6, 6.07) is 58.3. The third-order valence-corrected chi connectivity index (χ3v) is 10.6. The summed E-state index contributed by atoms with van der Waals surface area (Å²) in [7, 11) is 0. The number of rotatable bonds is 4. The number of hydrogen-bond donors (Lipinski definition) is 0. The SMILES string of the molecule is c1ccc(-c2nc(-c3cccc(-c4ccc5c(c4)c4ccccc4n5-c4ccccc4)c3)nc3c2ccc2c4ccccc4sc23)cc1. The second-order valence-electron chi connectivity index (χ2n) is 12.2. The van der Waals surface area contributed by atoms with Crippen LogP contribution in [-0.4, -0.2) is 14.5 Å². The lowest BCUT2D eigenvalue weighted by Gasteiger charge is -2.11. The topological polar surface area (TPSA) is 30.7 Å². The maximum atomic E-state index is 5.31. The van der Waals surface area contributed by atoms with Crippen molar-refractivity contribution in [3.05, 3.63) is 164 Å². The highest BCUT2D eigenvalue weighted by atomic mass is 32.1. The Bertz CT molecular complexity index is 2830. The number of para-hydroxylation sites is 2. The van der Waals surface area contributed by atoms with Gasteiger partial charge in [-0.15, -0.1) is 11.3 Å². The summed E-state index contributed by atoms with van der Waals surface area (Å²) in [5.74, 6) is 0.731. The molecule has 0 aliphatic heterocycles. The maximum Gasteiger partial charge on any atom is 0.160 e. The summed E-state index contributed by atoms with van der Waals surface area (Å²) in [6.07, 6.45) is 0. The molecule has 0 saturated heterocycles. The van der Waals surface area contributed by atoms with Gasteiger partial charge in [-0.25, -0.2) is 9.97 Å². The largest absolute Gasteiger partial charge is 0.309 e. The number of hydrogen-bond acceptors (Lipinski definition) is 3. The fourth-order valence-electron chi connectivity index (χ4n) is 7.16. The first-order valence-corrected chi connectivity index (χ1v) is 17.0. The molecule has 0 spiro atoms. The molecule has 0 aliphatic rings. The molecule has 0 saturated carbocycles. The first kappa shape index (κ1) is 27.1. The molecular weight excluding hydrogens is 603 g/mol. The van der Waals surface area contributed by atoms with E-state index in [2.05, 4.69) is 168 Å². The lowest BCUT2D eigenvalue weighted by atomic mass is 10.00. The van der Waals surface area contributed by atoms with E-state index < -0.39 is 0 Å². The van der Waals surface area contributed by atoms with Crippen molar-refractivity contribution in [2.75, 3.05) is 0 Å². The Morgan fingerprint density at radius 2 is 1.08 bits per heavy atom. The van der Waals surface area contributed by atoms with Crippen molar-refractivity contribution in [2.45, 2.75) is 0 Å². The predicted molar refractivity (Wildman–Crippen MR) is 203 cm³/mol. The monoisotopic (exact) mass is 629 g/mol. The Kier molecular flexibility index (Phi) is 6.05. The summed E-state index contributed by atoms with van der Waals surface area (Å²) in [5, 5.41) is 6.06. The summed E-state index contributed by atoms with van der Waals surface area (Å²) < 4.78 is 4.83. The Balaban J connectivity index is 1.17. The molecule has 3 heterocycles. The van der Waals surface area contributed by atoms with Crippen molar-refractivity contribution in [2.24, 2.45) is 0 Å². The van der Waals surface area contributed by atoms with Crippen molar-refractivity contribution in [3.8, 4) is 39.5 Å². The zero-order valence-corrected chi connectivity index (χ0v) is 26.7. The Morgan fingerprint density at radius 3 is 1.96 bits per heavy atom. The molecule has 7 aromatic carbocycles. The fraction of sp³-hybridized carbons (Fsp3) is 0. The van der Waals surface area contributed by atoms with E-state index in [1.807, 2.05) is 11.3 Å². The lowest BCUT2D eigenvalue weighted by molar-refractivity contribution is 1.18. The molecule has 0 radical (unpaired) electrons. The average molecular weight is 630 g/mol. The number of nitrogens with zero attached hydrogens (tertiary/aromatic N) is 3. The van der Waals surface area contributed by atoms with Crippen molar-refractivity contribution in [3.63, 3.8) is 0 Å². The highest BCUT2D eigenvalue weighted by Crippen LogP contribution is 2.41. The van der Waals surface area contributed by atoms with Crippen LogP contribution in [0.5, 0.6) is 0 Å². The molecule has 0 fully saturated rings. The van der Waals surface area contributed by atoms with Gasteiger partial charge in [0.05, 0.1) is 26.9 Å². The van der Waals surface area contributed by atoms with E-state index in [-0.39, 0.29) is 0 Å². The molecule has 10 rings (SSSR count). The molecule has 0 amide bonds. The molecule has 0 N–H and O–H groups in total. The van der Waals surface area contributed by atoms with Crippen LogP contribution in [0.2, 0.25) is 0 Å². The van der Waals surface area contributed by atoms with Crippen molar-refractivity contribution < 1.29 is 0 Å². The van der Waals surface area contributed by atoms with Gasteiger partial charge in [0.1, 0.15) is 0 Å². The van der Waals surface area contributed by atoms with Gasteiger partial charge in [-0.1, -0.05) is 115 Å². The highest BCUT2D eigenvalue weighted by molar-refractivity contribution is 7.26. The normalized spacial score (nSPS) is 11.8. The summed E-state index contributed by atoms with van der Waals surface area (Å²) >= 11 is 1.81. The van der Waals surface area contributed by atoms with Crippen LogP contribution >= 0.6 is 11.3 Å². The van der Waals surface area contributed by atoms with Gasteiger partial charge in [0.15, 0.2) is 5.82 Å². The molecule has 0 unspecified atom stereocenters. The van der Waals surface area contributed by atoms with Gasteiger partial charge < -0.3 is 4.57 Å². The first-order valence-electron chi connectivity index (χ1n) is 16.2. The maximum absolute atomic E-state index is 5.31. The predicted octanol–water partition coefficient (Wildman–Crippen LogP) is 12.1. The minimum absolute atomic E-state index is 0.731. The summed E-state index contributed by atoms with van der Waals surface area (Å²) in [4.78, 5) is 10.6. The highest BCUT2D eigenvalue weighted by Gasteiger charge is 2.17. The molecule has 10 aromatic rings. The molecule has 4 heteroatoms. The number of fused-ring (bicyclic) bond motifs is 8. The van der Waals surface area contributed by atoms with E-state index in [1.165, 1.54) is 42.0 Å². The van der Waals surface area contributed by atoms with Crippen LogP contribution < -0.4 is 0 Å². The van der Waals surface area contributed by atoms with Crippen molar-refractivity contribution in [1.82, 2.24) is 14.5 Å². The summed E-state index contributed by atoms with van der Waals surface area (Å²) in [5.41, 5.74) is 9.89. The molecule has 0 aliphatic carbocycles. The smallest absolute Gasteiger partial charge is 0.160 e. The average Bonchev–Trinajstić information content (AvgIpc) is 3.71. The zero-order valence-electron chi connectivity index (χ0n) is 25.8. The minimum atomic E-state index is 0.731. The van der Waals surface area contributed by atoms with E-state index in [0.29, 0.717) is 0 Å². The van der Waals surface area contributed by atoms with Gasteiger partial charge in [-0.05, 0) is 59.7 Å². The Hall–Kier alpha value is -6.10. The lowest BCUT2D eigenvalue weighted by Crippen LogP contribution is -1.96. The van der Waals surface area contributed by atoms with Crippen LogP contribution in [0.4, 0.5) is 0 Å².